The third-order valence-electron chi connectivity index (χ3n) is 6.16. The molecule has 7 heteroatoms. The number of benzene rings is 1. The van der Waals surface area contributed by atoms with Crippen LogP contribution in [0.4, 0.5) is 5.69 Å². The van der Waals surface area contributed by atoms with Crippen LogP contribution in [0.15, 0.2) is 39.8 Å². The van der Waals surface area contributed by atoms with Crippen LogP contribution in [-0.4, -0.2) is 55.4 Å². The molecule has 0 N–H and O–H groups in total. The molecule has 3 rings (SSSR count). The number of carbonyl (C=O) groups is 1. The second-order valence-electron chi connectivity index (χ2n) is 9.41. The molecule has 0 radical (unpaired) electrons. The molecule has 3 atom stereocenters. The number of amidine groups is 1. The zero-order valence-corrected chi connectivity index (χ0v) is 23.2. The van der Waals surface area contributed by atoms with Crippen LogP contribution >= 0.6 is 22.6 Å². The molecule has 0 spiro atoms. The van der Waals surface area contributed by atoms with Crippen molar-refractivity contribution < 1.29 is 9.22 Å². The Balaban J connectivity index is 1.85. The van der Waals surface area contributed by atoms with Gasteiger partial charge in [0.1, 0.15) is 0 Å². The van der Waals surface area contributed by atoms with Crippen LogP contribution in [0.2, 0.25) is 18.1 Å². The van der Waals surface area contributed by atoms with Crippen molar-refractivity contribution in [1.29, 1.82) is 0 Å². The minimum atomic E-state index is -1.93. The van der Waals surface area contributed by atoms with Crippen LogP contribution in [-0.2, 0) is 9.22 Å². The second kappa shape index (κ2) is 8.58. The van der Waals surface area contributed by atoms with Gasteiger partial charge in [-0.05, 0) is 0 Å². The quantitative estimate of drug-likeness (QED) is 0.204. The van der Waals surface area contributed by atoms with Gasteiger partial charge in [0.05, 0.1) is 0 Å². The Morgan fingerprint density at radius 3 is 2.45 bits per heavy atom. The maximum absolute atomic E-state index is 13.2. The molecule has 1 amide bonds. The molecule has 0 aliphatic carbocycles. The van der Waals surface area contributed by atoms with Gasteiger partial charge in [0, 0.05) is 0 Å². The van der Waals surface area contributed by atoms with E-state index in [0.717, 1.165) is 14.8 Å². The summed E-state index contributed by atoms with van der Waals surface area (Å²) in [6.45, 7) is 15.4. The van der Waals surface area contributed by atoms with Crippen molar-refractivity contribution in [3.05, 3.63) is 40.4 Å². The second-order valence-corrected chi connectivity index (χ2v) is 17.2. The first-order chi connectivity index (χ1) is 13.4. The summed E-state index contributed by atoms with van der Waals surface area (Å²) in [5.74, 6) is 0.0547. The van der Waals surface area contributed by atoms with E-state index in [1.807, 2.05) is 17.0 Å². The van der Waals surface area contributed by atoms with Crippen molar-refractivity contribution in [2.75, 3.05) is 4.43 Å². The number of aliphatic imine (C=N–C) groups is 1. The van der Waals surface area contributed by atoms with E-state index in [2.05, 4.69) is 88.5 Å². The molecule has 158 valence electrons. The number of amides is 1. The maximum atomic E-state index is 13.2. The molecule has 29 heavy (non-hydrogen) atoms. The Kier molecular flexibility index (Phi) is 6.86. The molecule has 1 saturated heterocycles. The molecule has 0 aromatic heterocycles. The molecule has 2 heterocycles. The minimum absolute atomic E-state index is 0.0758. The third kappa shape index (κ3) is 4.74. The Morgan fingerprint density at radius 1 is 1.28 bits per heavy atom. The van der Waals surface area contributed by atoms with E-state index in [1.54, 1.807) is 0 Å². The van der Waals surface area contributed by atoms with E-state index in [-0.39, 0.29) is 44.0 Å². The SMILES string of the molecule is Cc1ccc(N=C2[Se]C(CI)=C[C@@H]3[C@@H]([C@@H](C)O[Si](C)(C)C(C)(C)C)C(=O)N23)cc1. The molecular weight excluding hydrogens is 558 g/mol. The molecule has 1 fully saturated rings. The van der Waals surface area contributed by atoms with Crippen molar-refractivity contribution in [3.8, 4) is 0 Å². The van der Waals surface area contributed by atoms with E-state index in [4.69, 9.17) is 9.42 Å². The number of β-lactam (4-membered cyclic amide) rings is 1. The zero-order chi connectivity index (χ0) is 21.6. The van der Waals surface area contributed by atoms with Crippen LogP contribution in [0.25, 0.3) is 0 Å². The number of fused-ring (bicyclic) bond motifs is 1. The van der Waals surface area contributed by atoms with Gasteiger partial charge in [-0.1, -0.05) is 0 Å². The van der Waals surface area contributed by atoms with Crippen molar-refractivity contribution in [3.63, 3.8) is 0 Å². The van der Waals surface area contributed by atoms with E-state index >= 15 is 0 Å². The first kappa shape index (κ1) is 23.2. The molecular formula is C22H31IN2O2SeSi. The molecule has 1 aromatic carbocycles. The topological polar surface area (TPSA) is 41.9 Å². The number of hydrogen-bond donors (Lipinski definition) is 0. The monoisotopic (exact) mass is 590 g/mol. The number of carbonyl (C=O) groups excluding carboxylic acids is 1. The Bertz CT molecular complexity index is 845. The summed E-state index contributed by atoms with van der Waals surface area (Å²) in [5.41, 5.74) is 2.13. The molecule has 0 saturated carbocycles. The fourth-order valence-electron chi connectivity index (χ4n) is 3.39. The number of hydrogen-bond acceptors (Lipinski definition) is 3. The molecule has 4 nitrogen and oxygen atoms in total. The summed E-state index contributed by atoms with van der Waals surface area (Å²) in [4.78, 5) is 20.0. The van der Waals surface area contributed by atoms with Gasteiger partial charge in [-0.2, -0.15) is 0 Å². The molecule has 2 aliphatic heterocycles. The predicted octanol–water partition coefficient (Wildman–Crippen LogP) is 5.26. The van der Waals surface area contributed by atoms with Crippen LogP contribution in [0.1, 0.15) is 33.3 Å². The van der Waals surface area contributed by atoms with Gasteiger partial charge in [0.15, 0.2) is 0 Å². The Hall–Kier alpha value is -0.474. The van der Waals surface area contributed by atoms with Gasteiger partial charge in [0.25, 0.3) is 0 Å². The van der Waals surface area contributed by atoms with Gasteiger partial charge in [-0.15, -0.1) is 0 Å². The Morgan fingerprint density at radius 2 is 1.90 bits per heavy atom. The Labute approximate surface area is 196 Å². The average molecular weight is 589 g/mol. The molecule has 1 aromatic rings. The van der Waals surface area contributed by atoms with Crippen LogP contribution in [0.5, 0.6) is 0 Å². The first-order valence-corrected chi connectivity index (χ1v) is 16.2. The average Bonchev–Trinajstić information content (AvgIpc) is 2.61. The van der Waals surface area contributed by atoms with Gasteiger partial charge >= 0.3 is 197 Å². The number of rotatable bonds is 5. The number of alkyl halides is 1. The van der Waals surface area contributed by atoms with Crippen molar-refractivity contribution in [2.45, 2.75) is 64.9 Å². The third-order valence-corrected chi connectivity index (χ3v) is 14.8. The summed E-state index contributed by atoms with van der Waals surface area (Å²) in [6, 6.07) is 8.27. The number of allylic oxidation sites excluding steroid dienone is 1. The fraction of sp³-hybridized carbons (Fsp3) is 0.545. The van der Waals surface area contributed by atoms with Gasteiger partial charge in [0.2, 0.25) is 0 Å². The molecule has 2 aliphatic rings. The zero-order valence-electron chi connectivity index (χ0n) is 18.3. The standard InChI is InChI=1S/C22H31IN2O2SeSi/c1-14-8-10-16(11-9-14)24-21-25-18(12-17(13-23)28-21)19(20(25)26)15(2)27-29(6,7)22(3,4)5/h8-12,15,18-19H,13H2,1-7H3/t15-,18-,19-/m1/s1. The van der Waals surface area contributed by atoms with E-state index in [0.29, 0.717) is 0 Å². The van der Waals surface area contributed by atoms with Crippen molar-refractivity contribution in [2.24, 2.45) is 10.9 Å². The first-order valence-electron chi connectivity index (χ1n) is 10.1. The number of aryl methyl sites for hydroxylation is 1. The summed E-state index contributed by atoms with van der Waals surface area (Å²) < 4.78 is 9.90. The molecule has 0 bridgehead atoms. The predicted molar refractivity (Wildman–Crippen MR) is 133 cm³/mol. The van der Waals surface area contributed by atoms with E-state index < -0.39 is 8.32 Å². The summed E-state index contributed by atoms with van der Waals surface area (Å²) in [7, 11) is -1.93. The fourth-order valence-corrected chi connectivity index (χ4v) is 7.90. The van der Waals surface area contributed by atoms with E-state index in [9.17, 15) is 4.79 Å². The molecule has 0 unspecified atom stereocenters. The summed E-state index contributed by atoms with van der Waals surface area (Å²) in [6.07, 6.45) is 2.22. The van der Waals surface area contributed by atoms with Gasteiger partial charge in [-0.25, -0.2) is 0 Å². The van der Waals surface area contributed by atoms with Crippen molar-refractivity contribution >= 4 is 62.2 Å². The van der Waals surface area contributed by atoms with E-state index in [1.165, 1.54) is 10.0 Å². The number of nitrogens with zero attached hydrogens (tertiary/aromatic N) is 2. The van der Waals surface area contributed by atoms with Crippen LogP contribution < -0.4 is 0 Å². The van der Waals surface area contributed by atoms with Gasteiger partial charge < -0.3 is 0 Å². The van der Waals surface area contributed by atoms with Crippen molar-refractivity contribution in [1.82, 2.24) is 4.90 Å². The summed E-state index contributed by atoms with van der Waals surface area (Å²) >= 11 is 2.51. The van der Waals surface area contributed by atoms with Gasteiger partial charge in [-0.3, -0.25) is 0 Å². The van der Waals surface area contributed by atoms with Crippen LogP contribution in [0, 0.1) is 12.8 Å². The normalized spacial score (nSPS) is 24.8. The van der Waals surface area contributed by atoms with Crippen LogP contribution in [0.3, 0.4) is 0 Å². The number of halogens is 1. The summed E-state index contributed by atoms with van der Waals surface area (Å²) in [5, 5.41) is 0.130.